The molecule has 156 valence electrons. The smallest absolute Gasteiger partial charge is 0.338 e. The van der Waals surface area contributed by atoms with Gasteiger partial charge in [0.2, 0.25) is 0 Å². The number of amides is 2. The number of nitrogens with one attached hydrogen (secondary N) is 1. The molecule has 1 saturated carbocycles. The van der Waals surface area contributed by atoms with E-state index in [1.54, 1.807) is 36.6 Å². The summed E-state index contributed by atoms with van der Waals surface area (Å²) in [6, 6.07) is 13.4. The van der Waals surface area contributed by atoms with Gasteiger partial charge in [0, 0.05) is 22.0 Å². The second kappa shape index (κ2) is 8.02. The van der Waals surface area contributed by atoms with Gasteiger partial charge in [0.05, 0.1) is 16.9 Å². The topological polar surface area (TPSA) is 92.8 Å². The number of hydrogen-bond donors (Lipinski definition) is 1. The number of rotatable bonds is 4. The normalized spacial score (nSPS) is 17.9. The fourth-order valence-electron chi connectivity index (χ4n) is 4.19. The van der Waals surface area contributed by atoms with Crippen LogP contribution in [0, 0.1) is 0 Å². The first-order valence-corrected chi connectivity index (χ1v) is 11.3. The number of ether oxygens (including phenoxy) is 1. The molecule has 2 aromatic rings. The third kappa shape index (κ3) is 3.52. The largest absolute Gasteiger partial charge is 0.452 e. The van der Waals surface area contributed by atoms with Gasteiger partial charge in [-0.2, -0.15) is 0 Å². The molecule has 1 heterocycles. The highest BCUT2D eigenvalue weighted by Gasteiger charge is 2.52. The van der Waals surface area contributed by atoms with Gasteiger partial charge in [0.25, 0.3) is 11.8 Å². The van der Waals surface area contributed by atoms with E-state index < -0.39 is 34.8 Å². The lowest BCUT2D eigenvalue weighted by Crippen LogP contribution is -2.61. The van der Waals surface area contributed by atoms with Gasteiger partial charge in [0.1, 0.15) is 5.54 Å². The molecule has 2 aromatic carbocycles. The van der Waals surface area contributed by atoms with E-state index >= 15 is 0 Å². The quantitative estimate of drug-likeness (QED) is 0.759. The van der Waals surface area contributed by atoms with Crippen LogP contribution in [0.5, 0.6) is 0 Å². The fraction of sp³-hybridized carbons (Fsp3) is 0.318. The van der Waals surface area contributed by atoms with E-state index in [4.69, 9.17) is 4.74 Å². The van der Waals surface area contributed by atoms with Crippen molar-refractivity contribution < 1.29 is 23.3 Å². The van der Waals surface area contributed by atoms with E-state index in [-0.39, 0.29) is 11.5 Å². The molecule has 2 aliphatic rings. The molecule has 1 aliphatic carbocycles. The lowest BCUT2D eigenvalue weighted by Gasteiger charge is -2.44. The zero-order valence-electron chi connectivity index (χ0n) is 16.6. The number of fused-ring (bicyclic) bond motifs is 1. The first-order valence-electron chi connectivity index (χ1n) is 9.76. The Labute approximate surface area is 176 Å². The SMILES string of the molecule is CS(=O)c1ccc(C(=O)OCC(=O)N2c3ccccc3NC(=O)C23CCCC3)cc1. The fourth-order valence-corrected chi connectivity index (χ4v) is 4.71. The Bertz CT molecular complexity index is 1030. The first kappa shape index (κ1) is 20.3. The molecule has 0 radical (unpaired) electrons. The maximum absolute atomic E-state index is 13.2. The van der Waals surface area contributed by atoms with Crippen molar-refractivity contribution in [3.63, 3.8) is 0 Å². The predicted molar refractivity (Wildman–Crippen MR) is 113 cm³/mol. The number of anilines is 2. The molecule has 0 bridgehead atoms. The Morgan fingerprint density at radius 2 is 1.77 bits per heavy atom. The number of carbonyl (C=O) groups excluding carboxylic acids is 3. The van der Waals surface area contributed by atoms with E-state index in [1.807, 2.05) is 6.07 Å². The predicted octanol–water partition coefficient (Wildman–Crippen LogP) is 2.88. The molecule has 1 unspecified atom stereocenters. The van der Waals surface area contributed by atoms with Crippen molar-refractivity contribution in [2.45, 2.75) is 36.1 Å². The number of nitrogens with zero attached hydrogens (tertiary/aromatic N) is 1. The van der Waals surface area contributed by atoms with Crippen molar-refractivity contribution in [1.82, 2.24) is 0 Å². The number of esters is 1. The number of hydrogen-bond acceptors (Lipinski definition) is 5. The monoisotopic (exact) mass is 426 g/mol. The second-order valence-electron chi connectivity index (χ2n) is 7.49. The molecule has 0 aromatic heterocycles. The standard InChI is InChI=1S/C22H22N2O5S/c1-30(28)16-10-8-15(9-11-16)20(26)29-14-19(25)24-18-7-3-2-6-17(18)23-21(27)22(24)12-4-5-13-22/h2-3,6-11H,4-5,12-14H2,1H3,(H,23,27). The van der Waals surface area contributed by atoms with E-state index in [0.29, 0.717) is 29.1 Å². The second-order valence-corrected chi connectivity index (χ2v) is 8.87. The van der Waals surface area contributed by atoms with Crippen LogP contribution in [-0.4, -0.2) is 40.4 Å². The Morgan fingerprint density at radius 3 is 2.43 bits per heavy atom. The molecule has 7 nitrogen and oxygen atoms in total. The van der Waals surface area contributed by atoms with Crippen molar-refractivity contribution >= 4 is 40.0 Å². The molecule has 4 rings (SSSR count). The summed E-state index contributed by atoms with van der Waals surface area (Å²) in [5.74, 6) is -1.27. The summed E-state index contributed by atoms with van der Waals surface area (Å²) in [7, 11) is -1.15. The highest BCUT2D eigenvalue weighted by Crippen LogP contribution is 2.45. The lowest BCUT2D eigenvalue weighted by atomic mass is 9.90. The summed E-state index contributed by atoms with van der Waals surface area (Å²) in [5.41, 5.74) is 0.520. The van der Waals surface area contributed by atoms with Gasteiger partial charge in [0.15, 0.2) is 6.61 Å². The van der Waals surface area contributed by atoms with Crippen molar-refractivity contribution in [2.24, 2.45) is 0 Å². The lowest BCUT2D eigenvalue weighted by molar-refractivity contribution is -0.129. The van der Waals surface area contributed by atoms with E-state index in [9.17, 15) is 18.6 Å². The minimum absolute atomic E-state index is 0.193. The average Bonchev–Trinajstić information content (AvgIpc) is 3.23. The third-order valence-corrected chi connectivity index (χ3v) is 6.61. The zero-order chi connectivity index (χ0) is 21.3. The van der Waals surface area contributed by atoms with Crippen LogP contribution in [0.2, 0.25) is 0 Å². The van der Waals surface area contributed by atoms with Crippen LogP contribution in [-0.2, 0) is 25.1 Å². The van der Waals surface area contributed by atoms with Gasteiger partial charge < -0.3 is 10.1 Å². The number of para-hydroxylation sites is 2. The van der Waals surface area contributed by atoms with Crippen LogP contribution in [0.15, 0.2) is 53.4 Å². The Balaban J connectivity index is 1.54. The van der Waals surface area contributed by atoms with Gasteiger partial charge in [-0.05, 0) is 49.2 Å². The van der Waals surface area contributed by atoms with Crippen LogP contribution < -0.4 is 10.2 Å². The van der Waals surface area contributed by atoms with Crippen LogP contribution in [0.4, 0.5) is 11.4 Å². The summed E-state index contributed by atoms with van der Waals surface area (Å²) in [6.45, 7) is -0.469. The summed E-state index contributed by atoms with van der Waals surface area (Å²) in [6.07, 6.45) is 4.40. The van der Waals surface area contributed by atoms with Crippen molar-refractivity contribution in [3.05, 3.63) is 54.1 Å². The van der Waals surface area contributed by atoms with Gasteiger partial charge in [-0.1, -0.05) is 25.0 Å². The molecule has 2 amide bonds. The van der Waals surface area contributed by atoms with Crippen molar-refractivity contribution in [3.8, 4) is 0 Å². The summed E-state index contributed by atoms with van der Waals surface area (Å²) in [5, 5.41) is 2.92. The molecular formula is C22H22N2O5S. The summed E-state index contributed by atoms with van der Waals surface area (Å²) < 4.78 is 16.7. The van der Waals surface area contributed by atoms with Gasteiger partial charge in [-0.15, -0.1) is 0 Å². The maximum atomic E-state index is 13.2. The molecule has 8 heteroatoms. The molecule has 1 N–H and O–H groups in total. The molecule has 0 saturated heterocycles. The Kier molecular flexibility index (Phi) is 5.42. The van der Waals surface area contributed by atoms with E-state index in [0.717, 1.165) is 12.8 Å². The van der Waals surface area contributed by atoms with Gasteiger partial charge in [-0.25, -0.2) is 4.79 Å². The average molecular weight is 426 g/mol. The van der Waals surface area contributed by atoms with Crippen LogP contribution >= 0.6 is 0 Å². The van der Waals surface area contributed by atoms with Crippen molar-refractivity contribution in [2.75, 3.05) is 23.1 Å². The minimum atomic E-state index is -1.15. The summed E-state index contributed by atoms with van der Waals surface area (Å²) >= 11 is 0. The van der Waals surface area contributed by atoms with Crippen LogP contribution in [0.3, 0.4) is 0 Å². The molecule has 30 heavy (non-hydrogen) atoms. The number of carbonyl (C=O) groups is 3. The van der Waals surface area contributed by atoms with E-state index in [1.165, 1.54) is 17.0 Å². The van der Waals surface area contributed by atoms with Crippen LogP contribution in [0.25, 0.3) is 0 Å². The highest BCUT2D eigenvalue weighted by atomic mass is 32.2. The zero-order valence-corrected chi connectivity index (χ0v) is 17.4. The molecule has 1 atom stereocenters. The third-order valence-electron chi connectivity index (χ3n) is 5.67. The number of benzene rings is 2. The minimum Gasteiger partial charge on any atom is -0.452 e. The van der Waals surface area contributed by atoms with Gasteiger partial charge >= 0.3 is 5.97 Å². The molecular weight excluding hydrogens is 404 g/mol. The summed E-state index contributed by atoms with van der Waals surface area (Å²) in [4.78, 5) is 40.6. The van der Waals surface area contributed by atoms with Crippen LogP contribution in [0.1, 0.15) is 36.0 Å². The first-order chi connectivity index (χ1) is 14.4. The Hall–Kier alpha value is -3.00. The van der Waals surface area contributed by atoms with Crippen molar-refractivity contribution in [1.29, 1.82) is 0 Å². The Morgan fingerprint density at radius 1 is 1.10 bits per heavy atom. The molecule has 1 fully saturated rings. The maximum Gasteiger partial charge on any atom is 0.338 e. The molecule has 1 spiro atoms. The van der Waals surface area contributed by atoms with Gasteiger partial charge in [-0.3, -0.25) is 18.7 Å². The highest BCUT2D eigenvalue weighted by molar-refractivity contribution is 7.84. The molecule has 1 aliphatic heterocycles. The van der Waals surface area contributed by atoms with E-state index in [2.05, 4.69) is 5.32 Å².